The van der Waals surface area contributed by atoms with Crippen molar-refractivity contribution in [1.82, 2.24) is 9.97 Å². The van der Waals surface area contributed by atoms with Gasteiger partial charge in [0.1, 0.15) is 6.33 Å². The minimum atomic E-state index is -2.17. The van der Waals surface area contributed by atoms with Crippen molar-refractivity contribution >= 4 is 40.8 Å². The van der Waals surface area contributed by atoms with E-state index in [2.05, 4.69) is 9.97 Å². The molecular formula is C6H5Cl3N2O2. The van der Waals surface area contributed by atoms with Gasteiger partial charge in [0.15, 0.2) is 0 Å². The van der Waals surface area contributed by atoms with Crippen LogP contribution in [0.2, 0.25) is 0 Å². The van der Waals surface area contributed by atoms with Crippen LogP contribution in [0.1, 0.15) is 0 Å². The summed E-state index contributed by atoms with van der Waals surface area (Å²) < 4.78 is -2.17. The molecule has 13 heavy (non-hydrogen) atoms. The van der Waals surface area contributed by atoms with Crippen molar-refractivity contribution < 1.29 is 9.90 Å². The van der Waals surface area contributed by atoms with E-state index in [1.807, 2.05) is 0 Å². The smallest absolute Gasteiger partial charge is 0.356 e. The molecule has 1 N–H and O–H groups in total. The summed E-state index contributed by atoms with van der Waals surface area (Å²) in [5.74, 6) is -1.46. The Morgan fingerprint density at radius 3 is 1.69 bits per heavy atom. The molecule has 0 unspecified atom stereocenters. The van der Waals surface area contributed by atoms with E-state index in [9.17, 15) is 4.79 Å². The van der Waals surface area contributed by atoms with E-state index in [-0.39, 0.29) is 0 Å². The normalized spacial score (nSPS) is 9.77. The molecule has 0 saturated heterocycles. The van der Waals surface area contributed by atoms with Crippen molar-refractivity contribution in [1.29, 1.82) is 0 Å². The van der Waals surface area contributed by atoms with Gasteiger partial charge in [-0.1, -0.05) is 34.8 Å². The SMILES string of the molecule is O=C(O)C(Cl)(Cl)Cl.c1cncnc1. The summed E-state index contributed by atoms with van der Waals surface area (Å²) in [6, 6.07) is 1.78. The number of hydrogen-bond acceptors (Lipinski definition) is 3. The number of hydrogen-bond donors (Lipinski definition) is 1. The lowest BCUT2D eigenvalue weighted by molar-refractivity contribution is -0.135. The molecular weight excluding hydrogens is 238 g/mol. The molecule has 1 rings (SSSR count). The van der Waals surface area contributed by atoms with Crippen LogP contribution < -0.4 is 0 Å². The summed E-state index contributed by atoms with van der Waals surface area (Å²) in [6.07, 6.45) is 4.88. The Hall–Kier alpha value is -0.580. The molecule has 1 heterocycles. The maximum absolute atomic E-state index is 9.62. The first-order valence-corrected chi connectivity index (χ1v) is 4.08. The number of rotatable bonds is 0. The van der Waals surface area contributed by atoms with Gasteiger partial charge in [0.05, 0.1) is 0 Å². The van der Waals surface area contributed by atoms with Gasteiger partial charge in [0.25, 0.3) is 3.79 Å². The van der Waals surface area contributed by atoms with Crippen LogP contribution in [0, 0.1) is 0 Å². The predicted octanol–water partition coefficient (Wildman–Crippen LogP) is 1.92. The first kappa shape index (κ1) is 12.4. The van der Waals surface area contributed by atoms with Gasteiger partial charge in [-0.2, -0.15) is 0 Å². The average molecular weight is 243 g/mol. The fourth-order valence-electron chi connectivity index (χ4n) is 0.253. The number of carboxylic acid groups (broad SMARTS) is 1. The Morgan fingerprint density at radius 2 is 1.62 bits per heavy atom. The van der Waals surface area contributed by atoms with Crippen LogP contribution in [0.3, 0.4) is 0 Å². The van der Waals surface area contributed by atoms with Gasteiger partial charge >= 0.3 is 5.97 Å². The third-order valence-electron chi connectivity index (χ3n) is 0.720. The second kappa shape index (κ2) is 5.96. The summed E-state index contributed by atoms with van der Waals surface area (Å²) in [5, 5.41) is 7.85. The third kappa shape index (κ3) is 7.77. The van der Waals surface area contributed by atoms with Crippen LogP contribution in [0.5, 0.6) is 0 Å². The quantitative estimate of drug-likeness (QED) is 0.707. The highest BCUT2D eigenvalue weighted by Crippen LogP contribution is 2.25. The Kier molecular flexibility index (Phi) is 5.70. The van der Waals surface area contributed by atoms with Gasteiger partial charge in [-0.05, 0) is 6.07 Å². The molecule has 1 aromatic rings. The largest absolute Gasteiger partial charge is 0.478 e. The lowest BCUT2D eigenvalue weighted by atomic mass is 10.7. The molecule has 4 nitrogen and oxygen atoms in total. The van der Waals surface area contributed by atoms with Crippen LogP contribution in [-0.2, 0) is 4.79 Å². The molecule has 7 heteroatoms. The molecule has 72 valence electrons. The van der Waals surface area contributed by atoms with Crippen molar-refractivity contribution in [3.8, 4) is 0 Å². The van der Waals surface area contributed by atoms with E-state index in [0.717, 1.165) is 0 Å². The lowest BCUT2D eigenvalue weighted by Gasteiger charge is -1.99. The molecule has 0 saturated carbocycles. The minimum Gasteiger partial charge on any atom is -0.478 e. The summed E-state index contributed by atoms with van der Waals surface area (Å²) in [7, 11) is 0. The minimum absolute atomic E-state index is 1.46. The molecule has 0 aliphatic carbocycles. The molecule has 0 fully saturated rings. The standard InChI is InChI=1S/C4H4N2.C2HCl3O2/c1-2-5-4-6-3-1;3-2(4,5)1(6)7/h1-4H;(H,6,7). The highest BCUT2D eigenvalue weighted by atomic mass is 35.6. The zero-order valence-electron chi connectivity index (χ0n) is 6.19. The summed E-state index contributed by atoms with van der Waals surface area (Å²) in [6.45, 7) is 0. The van der Waals surface area contributed by atoms with Crippen LogP contribution >= 0.6 is 34.8 Å². The maximum Gasteiger partial charge on any atom is 0.356 e. The topological polar surface area (TPSA) is 63.1 Å². The van der Waals surface area contributed by atoms with Gasteiger partial charge in [-0.3, -0.25) is 0 Å². The molecule has 0 bridgehead atoms. The molecule has 0 aliphatic rings. The van der Waals surface area contributed by atoms with E-state index in [0.29, 0.717) is 0 Å². The number of aromatic nitrogens is 2. The second-order valence-corrected chi connectivity index (χ2v) is 3.99. The Labute approximate surface area is 89.5 Å². The highest BCUT2D eigenvalue weighted by Gasteiger charge is 2.29. The molecule has 1 aromatic heterocycles. The fraction of sp³-hybridized carbons (Fsp3) is 0.167. The Morgan fingerprint density at radius 1 is 1.23 bits per heavy atom. The van der Waals surface area contributed by atoms with Crippen LogP contribution in [0.4, 0.5) is 0 Å². The third-order valence-corrected chi connectivity index (χ3v) is 1.21. The van der Waals surface area contributed by atoms with Gasteiger partial charge in [0.2, 0.25) is 0 Å². The van der Waals surface area contributed by atoms with Gasteiger partial charge in [-0.25, -0.2) is 14.8 Å². The second-order valence-electron chi connectivity index (χ2n) is 1.71. The van der Waals surface area contributed by atoms with Crippen LogP contribution in [0.25, 0.3) is 0 Å². The molecule has 0 aliphatic heterocycles. The van der Waals surface area contributed by atoms with Crippen LogP contribution in [0.15, 0.2) is 24.8 Å². The monoisotopic (exact) mass is 242 g/mol. The first-order chi connectivity index (χ1) is 5.94. The number of halogens is 3. The van der Waals surface area contributed by atoms with E-state index >= 15 is 0 Å². The average Bonchev–Trinajstić information content (AvgIpc) is 2.07. The molecule has 0 radical (unpaired) electrons. The number of carboxylic acids is 1. The van der Waals surface area contributed by atoms with Crippen LogP contribution in [-0.4, -0.2) is 24.8 Å². The van der Waals surface area contributed by atoms with Crippen molar-refractivity contribution in [2.75, 3.05) is 0 Å². The lowest BCUT2D eigenvalue weighted by Crippen LogP contribution is -2.16. The van der Waals surface area contributed by atoms with Gasteiger partial charge in [0, 0.05) is 12.4 Å². The predicted molar refractivity (Wildman–Crippen MR) is 50.0 cm³/mol. The fourth-order valence-corrected chi connectivity index (χ4v) is 0.253. The van der Waals surface area contributed by atoms with Gasteiger partial charge in [-0.15, -0.1) is 0 Å². The van der Waals surface area contributed by atoms with E-state index in [1.54, 1.807) is 18.5 Å². The maximum atomic E-state index is 9.62. The van der Waals surface area contributed by atoms with Gasteiger partial charge < -0.3 is 5.11 Å². The number of carbonyl (C=O) groups is 1. The van der Waals surface area contributed by atoms with Crippen molar-refractivity contribution in [3.05, 3.63) is 24.8 Å². The molecule has 0 atom stereocenters. The van der Waals surface area contributed by atoms with Crippen molar-refractivity contribution in [3.63, 3.8) is 0 Å². The summed E-state index contributed by atoms with van der Waals surface area (Å²) in [5.41, 5.74) is 0. The zero-order chi connectivity index (χ0) is 10.3. The van der Waals surface area contributed by atoms with E-state index < -0.39 is 9.76 Å². The number of aliphatic carboxylic acids is 1. The highest BCUT2D eigenvalue weighted by molar-refractivity contribution is 6.75. The van der Waals surface area contributed by atoms with E-state index in [1.165, 1.54) is 6.33 Å². The summed E-state index contributed by atoms with van der Waals surface area (Å²) >= 11 is 14.4. The Bertz CT molecular complexity index is 223. The summed E-state index contributed by atoms with van der Waals surface area (Å²) in [4.78, 5) is 17.0. The molecule has 0 spiro atoms. The van der Waals surface area contributed by atoms with Crippen molar-refractivity contribution in [2.24, 2.45) is 0 Å². The number of nitrogens with zero attached hydrogens (tertiary/aromatic N) is 2. The zero-order valence-corrected chi connectivity index (χ0v) is 8.46. The van der Waals surface area contributed by atoms with Crippen molar-refractivity contribution in [2.45, 2.75) is 3.79 Å². The number of alkyl halides is 3. The van der Waals surface area contributed by atoms with E-state index in [4.69, 9.17) is 39.9 Å². The molecule has 0 aromatic carbocycles. The first-order valence-electron chi connectivity index (χ1n) is 2.94. The molecule has 0 amide bonds. The Balaban J connectivity index is 0.000000223.